The zero-order chi connectivity index (χ0) is 19.3. The summed E-state index contributed by atoms with van der Waals surface area (Å²) in [6.45, 7) is 4.84. The van der Waals surface area contributed by atoms with Gasteiger partial charge in [-0.1, -0.05) is 117 Å². The van der Waals surface area contributed by atoms with Crippen molar-refractivity contribution < 1.29 is 12.6 Å². The molecule has 3 nitrogen and oxygen atoms in total. The molecule has 0 aromatic carbocycles. The second kappa shape index (κ2) is 23.2. The number of hydrogen-bond acceptors (Lipinski definition) is 3. The van der Waals surface area contributed by atoms with Gasteiger partial charge in [-0.15, -0.1) is 0 Å². The maximum atomic E-state index is 11.8. The van der Waals surface area contributed by atoms with Gasteiger partial charge in [0, 0.05) is 0 Å². The van der Waals surface area contributed by atoms with E-state index in [1.165, 1.54) is 83.5 Å². The second-order valence-electron chi connectivity index (χ2n) is 7.74. The monoisotopic (exact) mass is 414 g/mol. The van der Waals surface area contributed by atoms with Crippen LogP contribution in [-0.4, -0.2) is 50.3 Å². The summed E-state index contributed by atoms with van der Waals surface area (Å²) in [7, 11) is -3.29. The van der Waals surface area contributed by atoms with Crippen molar-refractivity contribution in [3.8, 4) is 0 Å². The van der Waals surface area contributed by atoms with Gasteiger partial charge in [-0.3, -0.25) is 4.18 Å². The molecule has 27 heavy (non-hydrogen) atoms. The van der Waals surface area contributed by atoms with Gasteiger partial charge in [-0.2, -0.15) is 8.42 Å². The van der Waals surface area contributed by atoms with Gasteiger partial charge in [-0.05, 0) is 12.8 Å². The standard InChI is InChI=1S/C22H46O3S.Na.H/c1-3-5-7-9-11-13-14-15-17-19-21-25-26(23,24)22-20-18-16-12-10-8-6-4-2;;/h3-22H2,1-2H3;;. The quantitative estimate of drug-likeness (QED) is 0.119. The molecule has 0 saturated carbocycles. The molecule has 0 unspecified atom stereocenters. The average molecular weight is 415 g/mol. The number of unbranched alkanes of at least 4 members (excludes halogenated alkanes) is 16. The van der Waals surface area contributed by atoms with E-state index in [9.17, 15) is 8.42 Å². The number of hydrogen-bond donors (Lipinski definition) is 0. The first-order valence-electron chi connectivity index (χ1n) is 11.5. The van der Waals surface area contributed by atoms with E-state index < -0.39 is 10.1 Å². The summed E-state index contributed by atoms with van der Waals surface area (Å²) >= 11 is 0. The van der Waals surface area contributed by atoms with Crippen LogP contribution in [0.25, 0.3) is 0 Å². The van der Waals surface area contributed by atoms with Crippen LogP contribution in [0.15, 0.2) is 0 Å². The molecule has 0 heterocycles. The van der Waals surface area contributed by atoms with Crippen LogP contribution in [0.5, 0.6) is 0 Å². The van der Waals surface area contributed by atoms with Crippen molar-refractivity contribution in [2.45, 2.75) is 129 Å². The molecule has 0 spiro atoms. The van der Waals surface area contributed by atoms with Crippen molar-refractivity contribution >= 4 is 39.7 Å². The first-order chi connectivity index (χ1) is 12.6. The van der Waals surface area contributed by atoms with Crippen LogP contribution in [0.3, 0.4) is 0 Å². The van der Waals surface area contributed by atoms with Crippen molar-refractivity contribution in [3.05, 3.63) is 0 Å². The molecule has 160 valence electrons. The number of rotatable bonds is 21. The van der Waals surface area contributed by atoms with E-state index in [0.29, 0.717) is 6.61 Å². The van der Waals surface area contributed by atoms with Crippen molar-refractivity contribution in [2.75, 3.05) is 12.4 Å². The normalized spacial score (nSPS) is 11.5. The molecule has 0 bridgehead atoms. The Kier molecular flexibility index (Phi) is 25.9. The molecule has 5 heteroatoms. The molecule has 0 amide bonds. The fourth-order valence-corrected chi connectivity index (χ4v) is 4.29. The molecular weight excluding hydrogens is 367 g/mol. The fourth-order valence-electron chi connectivity index (χ4n) is 3.25. The van der Waals surface area contributed by atoms with E-state index in [4.69, 9.17) is 4.18 Å². The van der Waals surface area contributed by atoms with E-state index in [1.54, 1.807) is 0 Å². The molecule has 0 rings (SSSR count). The van der Waals surface area contributed by atoms with Gasteiger partial charge in [0.25, 0.3) is 10.1 Å². The summed E-state index contributed by atoms with van der Waals surface area (Å²) in [6, 6.07) is 0. The summed E-state index contributed by atoms with van der Waals surface area (Å²) < 4.78 is 28.8. The van der Waals surface area contributed by atoms with Gasteiger partial charge in [-0.25, -0.2) is 0 Å². The molecule has 0 aliphatic carbocycles. The minimum atomic E-state index is -3.29. The van der Waals surface area contributed by atoms with Gasteiger partial charge >= 0.3 is 29.6 Å². The van der Waals surface area contributed by atoms with Gasteiger partial charge in [0.15, 0.2) is 0 Å². The Morgan fingerprint density at radius 2 is 0.852 bits per heavy atom. The Balaban J connectivity index is 0. The third-order valence-electron chi connectivity index (χ3n) is 5.01. The topological polar surface area (TPSA) is 43.4 Å². The molecule has 0 aromatic rings. The fraction of sp³-hybridized carbons (Fsp3) is 1.00. The molecule has 0 atom stereocenters. The van der Waals surface area contributed by atoms with Crippen molar-refractivity contribution in [2.24, 2.45) is 0 Å². The SMILES string of the molecule is CCCCCCCCCCCCOS(=O)(=O)CCCCCCCCCC.[NaH]. The minimum absolute atomic E-state index is 0. The zero-order valence-corrected chi connectivity index (χ0v) is 18.6. The van der Waals surface area contributed by atoms with Crippen LogP contribution >= 0.6 is 0 Å². The Bertz CT molecular complexity index is 372. The molecule has 0 radical (unpaired) electrons. The van der Waals surface area contributed by atoms with E-state index in [2.05, 4.69) is 13.8 Å². The Morgan fingerprint density at radius 3 is 1.26 bits per heavy atom. The van der Waals surface area contributed by atoms with E-state index in [0.717, 1.165) is 32.1 Å². The van der Waals surface area contributed by atoms with Crippen molar-refractivity contribution in [1.82, 2.24) is 0 Å². The summed E-state index contributed by atoms with van der Waals surface area (Å²) in [6.07, 6.45) is 21.9. The van der Waals surface area contributed by atoms with Crippen LogP contribution in [-0.2, 0) is 14.3 Å². The molecule has 0 aliphatic heterocycles. The van der Waals surface area contributed by atoms with Crippen LogP contribution in [0.2, 0.25) is 0 Å². The molecule has 0 saturated heterocycles. The molecule has 0 N–H and O–H groups in total. The average Bonchev–Trinajstić information content (AvgIpc) is 2.62. The first-order valence-corrected chi connectivity index (χ1v) is 13.1. The third kappa shape index (κ3) is 24.9. The van der Waals surface area contributed by atoms with Gasteiger partial charge in [0.1, 0.15) is 0 Å². The summed E-state index contributed by atoms with van der Waals surface area (Å²) in [4.78, 5) is 0. The van der Waals surface area contributed by atoms with Crippen LogP contribution in [0, 0.1) is 0 Å². The Hall–Kier alpha value is 0.910. The van der Waals surface area contributed by atoms with Gasteiger partial charge < -0.3 is 0 Å². The van der Waals surface area contributed by atoms with Crippen LogP contribution < -0.4 is 0 Å². The van der Waals surface area contributed by atoms with Crippen molar-refractivity contribution in [3.63, 3.8) is 0 Å². The van der Waals surface area contributed by atoms with E-state index in [1.807, 2.05) is 0 Å². The first kappa shape index (κ1) is 30.1. The van der Waals surface area contributed by atoms with E-state index >= 15 is 0 Å². The molecule has 0 fully saturated rings. The third-order valence-corrected chi connectivity index (χ3v) is 6.32. The molecule has 0 aliphatic rings. The second-order valence-corrected chi connectivity index (χ2v) is 9.50. The van der Waals surface area contributed by atoms with Crippen molar-refractivity contribution in [1.29, 1.82) is 0 Å². The maximum absolute atomic E-state index is 11.8. The van der Waals surface area contributed by atoms with Crippen LogP contribution in [0.4, 0.5) is 0 Å². The molecule has 0 aromatic heterocycles. The van der Waals surface area contributed by atoms with Gasteiger partial charge in [0.05, 0.1) is 12.4 Å². The Morgan fingerprint density at radius 1 is 0.519 bits per heavy atom. The predicted octanol–water partition coefficient (Wildman–Crippen LogP) is 6.75. The summed E-state index contributed by atoms with van der Waals surface area (Å²) in [5, 5.41) is 0. The predicted molar refractivity (Wildman–Crippen MR) is 121 cm³/mol. The molecular formula is C22H47NaO3S. The van der Waals surface area contributed by atoms with Gasteiger partial charge in [0.2, 0.25) is 0 Å². The summed E-state index contributed by atoms with van der Waals surface area (Å²) in [5.74, 6) is 0.194. The van der Waals surface area contributed by atoms with E-state index in [-0.39, 0.29) is 35.3 Å². The Labute approximate surface area is 193 Å². The van der Waals surface area contributed by atoms with Crippen LogP contribution in [0.1, 0.15) is 129 Å². The summed E-state index contributed by atoms with van der Waals surface area (Å²) in [5.41, 5.74) is 0. The zero-order valence-electron chi connectivity index (χ0n) is 17.8.